The Hall–Kier alpha value is -1.68. The number of nitrogens with zero attached hydrogens (tertiary/aromatic N) is 2. The molecule has 3 aromatic heterocycles. The van der Waals surface area contributed by atoms with E-state index in [1.54, 1.807) is 10.6 Å². The number of rotatable bonds is 0. The first-order chi connectivity index (χ1) is 6.86. The van der Waals surface area contributed by atoms with Crippen LogP contribution in [-0.4, -0.2) is 9.38 Å². The highest BCUT2D eigenvalue weighted by Gasteiger charge is 2.04. The van der Waals surface area contributed by atoms with Crippen molar-refractivity contribution < 1.29 is 0 Å². The number of aromatic nitrogens is 2. The normalized spacial score (nSPS) is 11.1. The lowest BCUT2D eigenvalue weighted by molar-refractivity contribution is 1.08. The van der Waals surface area contributed by atoms with Crippen molar-refractivity contribution >= 4 is 27.9 Å². The van der Waals surface area contributed by atoms with Gasteiger partial charge in [-0.15, -0.1) is 11.3 Å². The van der Waals surface area contributed by atoms with Crippen LogP contribution in [0.2, 0.25) is 0 Å². The van der Waals surface area contributed by atoms with Crippen molar-refractivity contribution in [3.8, 4) is 0 Å². The van der Waals surface area contributed by atoms with Crippen LogP contribution >= 0.6 is 11.3 Å². The Labute approximate surface area is 83.3 Å². The van der Waals surface area contributed by atoms with Gasteiger partial charge in [0.05, 0.1) is 10.9 Å². The number of hydrogen-bond donors (Lipinski definition) is 0. The fourth-order valence-corrected chi connectivity index (χ4v) is 2.22. The quantitative estimate of drug-likeness (QED) is 0.558. The molecular formula is C10H6N2OS. The van der Waals surface area contributed by atoms with Gasteiger partial charge in [-0.2, -0.15) is 0 Å². The third-order valence-electron chi connectivity index (χ3n) is 2.16. The minimum Gasteiger partial charge on any atom is -0.268 e. The second-order valence-electron chi connectivity index (χ2n) is 3.02. The molecule has 3 aromatic rings. The Morgan fingerprint density at radius 1 is 1.29 bits per heavy atom. The summed E-state index contributed by atoms with van der Waals surface area (Å²) in [7, 11) is 0. The Kier molecular flexibility index (Phi) is 1.46. The molecule has 0 amide bonds. The molecule has 0 fully saturated rings. The van der Waals surface area contributed by atoms with Gasteiger partial charge in [-0.05, 0) is 12.1 Å². The van der Waals surface area contributed by atoms with E-state index < -0.39 is 0 Å². The van der Waals surface area contributed by atoms with Crippen molar-refractivity contribution in [2.75, 3.05) is 0 Å². The minimum atomic E-state index is 0.00634. The predicted octanol–water partition coefficient (Wildman–Crippen LogP) is 1.91. The third kappa shape index (κ3) is 0.914. The van der Waals surface area contributed by atoms with Gasteiger partial charge in [0.2, 0.25) is 0 Å². The summed E-state index contributed by atoms with van der Waals surface area (Å²) in [6.45, 7) is 0. The number of fused-ring (bicyclic) bond motifs is 2. The van der Waals surface area contributed by atoms with Crippen molar-refractivity contribution in [3.05, 3.63) is 45.5 Å². The van der Waals surface area contributed by atoms with E-state index >= 15 is 0 Å². The van der Waals surface area contributed by atoms with Crippen molar-refractivity contribution in [1.29, 1.82) is 0 Å². The first-order valence-corrected chi connectivity index (χ1v) is 5.14. The third-order valence-corrected chi connectivity index (χ3v) is 2.90. The zero-order chi connectivity index (χ0) is 9.54. The van der Waals surface area contributed by atoms with Crippen LogP contribution < -0.4 is 5.56 Å². The molecule has 3 nitrogen and oxygen atoms in total. The number of thiophene rings is 1. The molecular weight excluding hydrogens is 196 g/mol. The largest absolute Gasteiger partial charge is 0.268 e. The van der Waals surface area contributed by atoms with Crippen molar-refractivity contribution in [2.45, 2.75) is 0 Å². The highest BCUT2D eigenvalue weighted by Crippen LogP contribution is 2.13. The van der Waals surface area contributed by atoms with Crippen LogP contribution in [0, 0.1) is 0 Å². The van der Waals surface area contributed by atoms with Gasteiger partial charge in [0.25, 0.3) is 5.56 Å². The monoisotopic (exact) mass is 202 g/mol. The number of hydrogen-bond acceptors (Lipinski definition) is 3. The molecule has 0 aromatic carbocycles. The summed E-state index contributed by atoms with van der Waals surface area (Å²) in [6.07, 6.45) is 1.74. The maximum Gasteiger partial charge on any atom is 0.266 e. The molecule has 0 saturated carbocycles. The van der Waals surface area contributed by atoms with Gasteiger partial charge in [-0.25, -0.2) is 4.98 Å². The Bertz CT molecular complexity index is 668. The van der Waals surface area contributed by atoms with Crippen LogP contribution in [0.1, 0.15) is 0 Å². The summed E-state index contributed by atoms with van der Waals surface area (Å²) < 4.78 is 1.56. The SMILES string of the molecule is O=c1c2cscc2nc2ccccn12. The molecule has 0 saturated heterocycles. The van der Waals surface area contributed by atoms with E-state index in [9.17, 15) is 4.79 Å². The summed E-state index contributed by atoms with van der Waals surface area (Å²) in [5.41, 5.74) is 1.49. The Morgan fingerprint density at radius 2 is 2.21 bits per heavy atom. The first kappa shape index (κ1) is 7.70. The summed E-state index contributed by atoms with van der Waals surface area (Å²) in [4.78, 5) is 16.3. The highest BCUT2D eigenvalue weighted by atomic mass is 32.1. The van der Waals surface area contributed by atoms with Crippen molar-refractivity contribution in [1.82, 2.24) is 9.38 Å². The van der Waals surface area contributed by atoms with E-state index in [1.807, 2.05) is 29.0 Å². The van der Waals surface area contributed by atoms with Gasteiger partial charge in [0.15, 0.2) is 0 Å². The van der Waals surface area contributed by atoms with Gasteiger partial charge >= 0.3 is 0 Å². The van der Waals surface area contributed by atoms with Gasteiger partial charge in [0.1, 0.15) is 5.65 Å². The molecule has 3 heterocycles. The second kappa shape index (κ2) is 2.65. The molecule has 0 unspecified atom stereocenters. The van der Waals surface area contributed by atoms with Crippen molar-refractivity contribution in [2.24, 2.45) is 0 Å². The summed E-state index contributed by atoms with van der Waals surface area (Å²) in [5, 5.41) is 4.42. The maximum atomic E-state index is 11.9. The molecule has 4 heteroatoms. The van der Waals surface area contributed by atoms with Crippen LogP contribution in [0.25, 0.3) is 16.6 Å². The fourth-order valence-electron chi connectivity index (χ4n) is 1.49. The summed E-state index contributed by atoms with van der Waals surface area (Å²) in [6, 6.07) is 5.53. The van der Waals surface area contributed by atoms with E-state index in [-0.39, 0.29) is 5.56 Å². The summed E-state index contributed by atoms with van der Waals surface area (Å²) >= 11 is 1.50. The Morgan fingerprint density at radius 3 is 3.14 bits per heavy atom. The van der Waals surface area contributed by atoms with Crippen LogP contribution in [0.3, 0.4) is 0 Å². The molecule has 0 radical (unpaired) electrons. The predicted molar refractivity (Wildman–Crippen MR) is 56.8 cm³/mol. The molecule has 68 valence electrons. The Balaban J connectivity index is 2.70. The van der Waals surface area contributed by atoms with E-state index in [1.165, 1.54) is 11.3 Å². The molecule has 0 atom stereocenters. The smallest absolute Gasteiger partial charge is 0.266 e. The fraction of sp³-hybridized carbons (Fsp3) is 0. The van der Waals surface area contributed by atoms with Gasteiger partial charge < -0.3 is 0 Å². The van der Waals surface area contributed by atoms with Crippen LogP contribution in [0.4, 0.5) is 0 Å². The van der Waals surface area contributed by atoms with E-state index in [0.717, 1.165) is 5.52 Å². The van der Waals surface area contributed by atoms with Gasteiger partial charge in [0, 0.05) is 17.0 Å². The lowest BCUT2D eigenvalue weighted by Gasteiger charge is -1.98. The maximum absolute atomic E-state index is 11.9. The first-order valence-electron chi connectivity index (χ1n) is 4.19. The van der Waals surface area contributed by atoms with Crippen molar-refractivity contribution in [3.63, 3.8) is 0 Å². The lowest BCUT2D eigenvalue weighted by Crippen LogP contribution is -2.13. The molecule has 0 aliphatic carbocycles. The zero-order valence-corrected chi connectivity index (χ0v) is 7.99. The molecule has 0 N–H and O–H groups in total. The average Bonchev–Trinajstić information content (AvgIpc) is 2.66. The zero-order valence-electron chi connectivity index (χ0n) is 7.18. The topological polar surface area (TPSA) is 34.4 Å². The molecule has 0 bridgehead atoms. The molecule has 14 heavy (non-hydrogen) atoms. The second-order valence-corrected chi connectivity index (χ2v) is 3.76. The van der Waals surface area contributed by atoms with E-state index in [4.69, 9.17) is 0 Å². The molecule has 0 aliphatic heterocycles. The van der Waals surface area contributed by atoms with Crippen LogP contribution in [-0.2, 0) is 0 Å². The highest BCUT2D eigenvalue weighted by molar-refractivity contribution is 7.09. The molecule has 3 rings (SSSR count). The van der Waals surface area contributed by atoms with E-state index in [0.29, 0.717) is 11.0 Å². The van der Waals surface area contributed by atoms with Crippen LogP contribution in [0.5, 0.6) is 0 Å². The molecule has 0 spiro atoms. The lowest BCUT2D eigenvalue weighted by atomic mass is 10.3. The van der Waals surface area contributed by atoms with Gasteiger partial charge in [-0.3, -0.25) is 9.20 Å². The van der Waals surface area contributed by atoms with E-state index in [2.05, 4.69) is 4.98 Å². The summed E-state index contributed by atoms with van der Waals surface area (Å²) in [5.74, 6) is 0. The van der Waals surface area contributed by atoms with Gasteiger partial charge in [-0.1, -0.05) is 6.07 Å². The van der Waals surface area contributed by atoms with Crippen LogP contribution in [0.15, 0.2) is 40.0 Å². The standard InChI is InChI=1S/C10H6N2OS/c13-10-7-5-14-6-8(7)11-9-3-1-2-4-12(9)10/h1-6H. The molecule has 0 aliphatic rings. The minimum absolute atomic E-state index is 0.00634. The number of pyridine rings is 1. The average molecular weight is 202 g/mol.